The topological polar surface area (TPSA) is 63.6 Å². The molecule has 0 spiro atoms. The molecule has 1 amide bonds. The Morgan fingerprint density at radius 3 is 2.44 bits per heavy atom. The van der Waals surface area contributed by atoms with Crippen molar-refractivity contribution in [3.8, 4) is 0 Å². The number of rotatable bonds is 7. The summed E-state index contributed by atoms with van der Waals surface area (Å²) in [5.74, 6) is -0.753. The molecule has 27 heavy (non-hydrogen) atoms. The minimum absolute atomic E-state index is 0.276. The second-order valence-electron chi connectivity index (χ2n) is 7.30. The quantitative estimate of drug-likeness (QED) is 0.762. The largest absolute Gasteiger partial charge is 0.452 e. The summed E-state index contributed by atoms with van der Waals surface area (Å²) < 4.78 is 7.40. The van der Waals surface area contributed by atoms with E-state index in [1.807, 2.05) is 63.2 Å². The number of benzene rings is 1. The maximum atomic E-state index is 12.3. The van der Waals surface area contributed by atoms with Crippen molar-refractivity contribution in [3.05, 3.63) is 52.8 Å². The first-order valence-corrected chi connectivity index (χ1v) is 9.25. The molecule has 1 aliphatic rings. The van der Waals surface area contributed by atoms with Gasteiger partial charge in [-0.1, -0.05) is 12.1 Å². The third-order valence-corrected chi connectivity index (χ3v) is 4.89. The standard InChI is InChI=1S/C21H27N3O3/c1-14-11-19(15(2)24(14)18-9-10-18)21(26)27-13-20(25)22-12-16-5-7-17(8-6-16)23(3)4/h5-8,11,18H,9-10,12-13H2,1-4H3,(H,22,25). The van der Waals surface area contributed by atoms with Crippen LogP contribution in [0, 0.1) is 13.8 Å². The van der Waals surface area contributed by atoms with Crippen LogP contribution in [0.3, 0.4) is 0 Å². The summed E-state index contributed by atoms with van der Waals surface area (Å²) in [7, 11) is 3.96. The van der Waals surface area contributed by atoms with E-state index in [1.165, 1.54) is 0 Å². The van der Waals surface area contributed by atoms with Crippen LogP contribution in [0.2, 0.25) is 0 Å². The molecule has 1 aliphatic carbocycles. The van der Waals surface area contributed by atoms with Gasteiger partial charge < -0.3 is 19.5 Å². The van der Waals surface area contributed by atoms with Crippen LogP contribution in [-0.4, -0.2) is 37.1 Å². The predicted octanol–water partition coefficient (Wildman–Crippen LogP) is 2.98. The molecule has 6 nitrogen and oxygen atoms in total. The monoisotopic (exact) mass is 369 g/mol. The summed E-state index contributed by atoms with van der Waals surface area (Å²) >= 11 is 0. The SMILES string of the molecule is Cc1cc(C(=O)OCC(=O)NCc2ccc(N(C)C)cc2)c(C)n1C1CC1. The van der Waals surface area contributed by atoms with E-state index in [4.69, 9.17) is 4.74 Å². The maximum absolute atomic E-state index is 12.3. The highest BCUT2D eigenvalue weighted by Gasteiger charge is 2.28. The highest BCUT2D eigenvalue weighted by molar-refractivity contribution is 5.92. The lowest BCUT2D eigenvalue weighted by molar-refractivity contribution is -0.124. The fourth-order valence-electron chi connectivity index (χ4n) is 3.25. The molecule has 144 valence electrons. The molecule has 0 bridgehead atoms. The zero-order valence-corrected chi connectivity index (χ0v) is 16.4. The van der Waals surface area contributed by atoms with E-state index in [0.717, 1.165) is 35.5 Å². The van der Waals surface area contributed by atoms with Crippen LogP contribution in [-0.2, 0) is 16.1 Å². The molecule has 1 aromatic heterocycles. The zero-order chi connectivity index (χ0) is 19.6. The van der Waals surface area contributed by atoms with Gasteiger partial charge in [0.2, 0.25) is 0 Å². The van der Waals surface area contributed by atoms with Crippen LogP contribution in [0.5, 0.6) is 0 Å². The van der Waals surface area contributed by atoms with Gasteiger partial charge in [0.15, 0.2) is 6.61 Å². The molecule has 1 aromatic carbocycles. The molecule has 2 aromatic rings. The third-order valence-electron chi connectivity index (χ3n) is 4.89. The van der Waals surface area contributed by atoms with Gasteiger partial charge in [-0.15, -0.1) is 0 Å². The second-order valence-corrected chi connectivity index (χ2v) is 7.30. The minimum atomic E-state index is -0.444. The van der Waals surface area contributed by atoms with Gasteiger partial charge in [-0.05, 0) is 50.5 Å². The number of esters is 1. The summed E-state index contributed by atoms with van der Waals surface area (Å²) in [5, 5.41) is 2.78. The fraction of sp³-hybridized carbons (Fsp3) is 0.429. The molecule has 0 aliphatic heterocycles. The molecule has 1 heterocycles. The van der Waals surface area contributed by atoms with Crippen LogP contribution in [0.1, 0.15) is 46.2 Å². The van der Waals surface area contributed by atoms with Crippen LogP contribution < -0.4 is 10.2 Å². The Bertz CT molecular complexity index is 833. The lowest BCUT2D eigenvalue weighted by Crippen LogP contribution is -2.28. The molecular weight excluding hydrogens is 342 g/mol. The summed E-state index contributed by atoms with van der Waals surface area (Å²) in [6.45, 7) is 4.05. The number of aryl methyl sites for hydroxylation is 1. The average molecular weight is 369 g/mol. The smallest absolute Gasteiger partial charge is 0.340 e. The van der Waals surface area contributed by atoms with Crippen LogP contribution in [0.15, 0.2) is 30.3 Å². The number of carbonyl (C=O) groups is 2. The molecule has 1 fully saturated rings. The van der Waals surface area contributed by atoms with Crippen molar-refractivity contribution in [2.24, 2.45) is 0 Å². The van der Waals surface area contributed by atoms with Gasteiger partial charge in [0.1, 0.15) is 0 Å². The van der Waals surface area contributed by atoms with E-state index >= 15 is 0 Å². The summed E-state index contributed by atoms with van der Waals surface area (Å²) in [6.07, 6.45) is 2.31. The average Bonchev–Trinajstić information content (AvgIpc) is 3.43. The van der Waals surface area contributed by atoms with Gasteiger partial charge in [-0.3, -0.25) is 4.79 Å². The van der Waals surface area contributed by atoms with E-state index in [0.29, 0.717) is 18.2 Å². The first-order chi connectivity index (χ1) is 12.9. The van der Waals surface area contributed by atoms with E-state index in [2.05, 4.69) is 9.88 Å². The Morgan fingerprint density at radius 2 is 1.85 bits per heavy atom. The lowest BCUT2D eigenvalue weighted by Gasteiger charge is -2.13. The van der Waals surface area contributed by atoms with Crippen molar-refractivity contribution < 1.29 is 14.3 Å². The zero-order valence-electron chi connectivity index (χ0n) is 16.4. The number of nitrogens with one attached hydrogen (secondary N) is 1. The Kier molecular flexibility index (Phi) is 5.54. The summed E-state index contributed by atoms with van der Waals surface area (Å²) in [4.78, 5) is 26.4. The minimum Gasteiger partial charge on any atom is -0.452 e. The number of nitrogens with zero attached hydrogens (tertiary/aromatic N) is 2. The van der Waals surface area contributed by atoms with Crippen molar-refractivity contribution in [2.45, 2.75) is 39.3 Å². The highest BCUT2D eigenvalue weighted by atomic mass is 16.5. The summed E-state index contributed by atoms with van der Waals surface area (Å²) in [6, 6.07) is 10.3. The number of hydrogen-bond acceptors (Lipinski definition) is 4. The summed E-state index contributed by atoms with van der Waals surface area (Å²) in [5.41, 5.74) is 4.62. The fourth-order valence-corrected chi connectivity index (χ4v) is 3.25. The molecule has 0 radical (unpaired) electrons. The normalized spacial score (nSPS) is 13.3. The van der Waals surface area contributed by atoms with Gasteiger partial charge in [-0.2, -0.15) is 0 Å². The van der Waals surface area contributed by atoms with Gasteiger partial charge in [0.25, 0.3) is 5.91 Å². The van der Waals surface area contributed by atoms with Gasteiger partial charge in [0.05, 0.1) is 5.56 Å². The maximum Gasteiger partial charge on any atom is 0.340 e. The first kappa shape index (κ1) is 19.0. The molecule has 1 saturated carbocycles. The van der Waals surface area contributed by atoms with Crippen molar-refractivity contribution in [1.29, 1.82) is 0 Å². The van der Waals surface area contributed by atoms with Gasteiger partial charge in [0, 0.05) is 43.8 Å². The molecule has 0 saturated heterocycles. The van der Waals surface area contributed by atoms with Crippen molar-refractivity contribution >= 4 is 17.6 Å². The Labute approximate surface area is 160 Å². The number of ether oxygens (including phenoxy) is 1. The molecule has 1 N–H and O–H groups in total. The third kappa shape index (κ3) is 4.51. The van der Waals surface area contributed by atoms with Crippen LogP contribution in [0.4, 0.5) is 5.69 Å². The predicted molar refractivity (Wildman–Crippen MR) is 105 cm³/mol. The lowest BCUT2D eigenvalue weighted by atomic mass is 10.2. The van der Waals surface area contributed by atoms with Gasteiger partial charge >= 0.3 is 5.97 Å². The Balaban J connectivity index is 1.49. The molecular formula is C21H27N3O3. The number of aromatic nitrogens is 1. The van der Waals surface area contributed by atoms with Crippen LogP contribution >= 0.6 is 0 Å². The Morgan fingerprint density at radius 1 is 1.19 bits per heavy atom. The van der Waals surface area contributed by atoms with Gasteiger partial charge in [-0.25, -0.2) is 4.79 Å². The molecule has 0 atom stereocenters. The first-order valence-electron chi connectivity index (χ1n) is 9.25. The van der Waals surface area contributed by atoms with Crippen LogP contribution in [0.25, 0.3) is 0 Å². The molecule has 6 heteroatoms. The van der Waals surface area contributed by atoms with Crippen molar-refractivity contribution in [2.75, 3.05) is 25.6 Å². The van der Waals surface area contributed by atoms with E-state index < -0.39 is 5.97 Å². The number of hydrogen-bond donors (Lipinski definition) is 1. The van der Waals surface area contributed by atoms with Crippen molar-refractivity contribution in [3.63, 3.8) is 0 Å². The number of carbonyl (C=O) groups excluding carboxylic acids is 2. The Hall–Kier alpha value is -2.76. The number of amides is 1. The number of anilines is 1. The van der Waals surface area contributed by atoms with E-state index in [9.17, 15) is 9.59 Å². The molecule has 3 rings (SSSR count). The second kappa shape index (κ2) is 7.86. The molecule has 0 unspecified atom stereocenters. The van der Waals surface area contributed by atoms with E-state index in [1.54, 1.807) is 0 Å². The van der Waals surface area contributed by atoms with E-state index in [-0.39, 0.29) is 12.5 Å². The van der Waals surface area contributed by atoms with Crippen molar-refractivity contribution in [1.82, 2.24) is 9.88 Å². The highest BCUT2D eigenvalue weighted by Crippen LogP contribution is 2.38.